The van der Waals surface area contributed by atoms with Crippen molar-refractivity contribution in [1.29, 1.82) is 0 Å². The van der Waals surface area contributed by atoms with Crippen molar-refractivity contribution in [3.05, 3.63) is 30.1 Å². The molecule has 0 amide bonds. The van der Waals surface area contributed by atoms with Gasteiger partial charge in [-0.05, 0) is 73.3 Å². The van der Waals surface area contributed by atoms with Crippen molar-refractivity contribution in [2.75, 3.05) is 0 Å². The fraction of sp³-hybridized carbons (Fsp3) is 0.722. The van der Waals surface area contributed by atoms with Crippen LogP contribution in [0, 0.1) is 22.7 Å². The Hall–Kier alpha value is -0.890. The molecule has 1 heterocycles. The molecule has 4 fully saturated rings. The number of nitrogens with two attached hydrogens (primary N) is 1. The van der Waals surface area contributed by atoms with Gasteiger partial charge in [0.25, 0.3) is 0 Å². The highest BCUT2D eigenvalue weighted by Crippen LogP contribution is 2.66. The molecule has 0 radical (unpaired) electrons. The van der Waals surface area contributed by atoms with Crippen molar-refractivity contribution in [1.82, 2.24) is 4.98 Å². The van der Waals surface area contributed by atoms with Crippen LogP contribution >= 0.6 is 0 Å². The first-order valence-corrected chi connectivity index (χ1v) is 8.23. The Kier molecular flexibility index (Phi) is 2.76. The highest BCUT2D eigenvalue weighted by Gasteiger charge is 2.57. The smallest absolute Gasteiger partial charge is 0.0419 e. The zero-order chi connectivity index (χ0) is 13.8. The van der Waals surface area contributed by atoms with Crippen molar-refractivity contribution in [3.63, 3.8) is 0 Å². The number of pyridine rings is 1. The molecule has 0 saturated heterocycles. The summed E-state index contributed by atoms with van der Waals surface area (Å²) in [6.07, 6.45) is 11.4. The Labute approximate surface area is 122 Å². The highest BCUT2D eigenvalue weighted by molar-refractivity contribution is 5.13. The number of hydrogen-bond donors (Lipinski definition) is 1. The summed E-state index contributed by atoms with van der Waals surface area (Å²) in [7, 11) is 0. The molecule has 4 aliphatic carbocycles. The molecule has 2 heteroatoms. The molecule has 0 aliphatic heterocycles. The lowest BCUT2D eigenvalue weighted by atomic mass is 9.43. The SMILES string of the molecule is CC12CC3CC(C1)CC(C(N)Cc1ccccn1)(C3)C2. The van der Waals surface area contributed by atoms with Crippen molar-refractivity contribution in [2.45, 2.75) is 57.9 Å². The van der Waals surface area contributed by atoms with Crippen LogP contribution in [-0.2, 0) is 6.42 Å². The Balaban J connectivity index is 1.58. The third-order valence-electron chi connectivity index (χ3n) is 6.34. The van der Waals surface area contributed by atoms with Gasteiger partial charge in [0.15, 0.2) is 0 Å². The maximum atomic E-state index is 6.72. The number of nitrogens with zero attached hydrogens (tertiary/aromatic N) is 1. The summed E-state index contributed by atoms with van der Waals surface area (Å²) in [6, 6.07) is 6.49. The average Bonchev–Trinajstić information content (AvgIpc) is 2.37. The van der Waals surface area contributed by atoms with Gasteiger partial charge in [-0.1, -0.05) is 13.0 Å². The van der Waals surface area contributed by atoms with Gasteiger partial charge in [-0.25, -0.2) is 0 Å². The van der Waals surface area contributed by atoms with Crippen LogP contribution in [0.1, 0.15) is 51.1 Å². The van der Waals surface area contributed by atoms with E-state index in [2.05, 4.69) is 24.0 Å². The van der Waals surface area contributed by atoms with Crippen LogP contribution in [0.3, 0.4) is 0 Å². The van der Waals surface area contributed by atoms with Crippen molar-refractivity contribution in [2.24, 2.45) is 28.4 Å². The summed E-state index contributed by atoms with van der Waals surface area (Å²) in [5, 5.41) is 0. The van der Waals surface area contributed by atoms with Gasteiger partial charge in [0.1, 0.15) is 0 Å². The van der Waals surface area contributed by atoms with E-state index in [1.807, 2.05) is 12.3 Å². The predicted molar refractivity (Wildman–Crippen MR) is 81.1 cm³/mol. The first-order valence-electron chi connectivity index (χ1n) is 8.23. The van der Waals surface area contributed by atoms with Crippen LogP contribution < -0.4 is 5.73 Å². The zero-order valence-electron chi connectivity index (χ0n) is 12.5. The van der Waals surface area contributed by atoms with Crippen LogP contribution in [0.25, 0.3) is 0 Å². The van der Waals surface area contributed by atoms with Gasteiger partial charge in [-0.15, -0.1) is 0 Å². The van der Waals surface area contributed by atoms with Crippen LogP contribution in [0.5, 0.6) is 0 Å². The molecule has 4 aliphatic rings. The zero-order valence-corrected chi connectivity index (χ0v) is 12.5. The van der Waals surface area contributed by atoms with Crippen LogP contribution in [0.4, 0.5) is 0 Å². The summed E-state index contributed by atoms with van der Waals surface area (Å²) in [5.41, 5.74) is 8.89. The van der Waals surface area contributed by atoms with E-state index in [0.29, 0.717) is 16.9 Å². The van der Waals surface area contributed by atoms with Crippen LogP contribution in [-0.4, -0.2) is 11.0 Å². The molecule has 3 unspecified atom stereocenters. The number of hydrogen-bond acceptors (Lipinski definition) is 2. The van der Waals surface area contributed by atoms with E-state index in [1.54, 1.807) is 0 Å². The lowest BCUT2D eigenvalue weighted by Crippen LogP contribution is -2.58. The Morgan fingerprint density at radius 3 is 2.60 bits per heavy atom. The molecule has 0 spiro atoms. The molecule has 20 heavy (non-hydrogen) atoms. The molecule has 108 valence electrons. The quantitative estimate of drug-likeness (QED) is 0.912. The molecular formula is C18H26N2. The lowest BCUT2D eigenvalue weighted by molar-refractivity contribution is -0.112. The third kappa shape index (κ3) is 2.00. The molecule has 5 rings (SSSR count). The van der Waals surface area contributed by atoms with Gasteiger partial charge in [-0.2, -0.15) is 0 Å². The Bertz CT molecular complexity index is 481. The lowest BCUT2D eigenvalue weighted by Gasteiger charge is -2.63. The predicted octanol–water partition coefficient (Wildman–Crippen LogP) is 3.56. The minimum absolute atomic E-state index is 0.294. The first kappa shape index (κ1) is 12.8. The average molecular weight is 270 g/mol. The van der Waals surface area contributed by atoms with E-state index in [4.69, 9.17) is 5.73 Å². The van der Waals surface area contributed by atoms with Gasteiger partial charge in [0, 0.05) is 24.4 Å². The van der Waals surface area contributed by atoms with E-state index in [1.165, 1.54) is 44.2 Å². The molecule has 2 N–H and O–H groups in total. The molecule has 3 atom stereocenters. The normalized spacial score (nSPS) is 43.7. The number of aromatic nitrogens is 1. The van der Waals surface area contributed by atoms with E-state index >= 15 is 0 Å². The minimum Gasteiger partial charge on any atom is -0.327 e. The molecule has 1 aromatic rings. The first-order chi connectivity index (χ1) is 9.57. The fourth-order valence-electron chi connectivity index (χ4n) is 6.19. The van der Waals surface area contributed by atoms with Crippen molar-refractivity contribution in [3.8, 4) is 0 Å². The Morgan fingerprint density at radius 2 is 2.00 bits per heavy atom. The summed E-state index contributed by atoms with van der Waals surface area (Å²) in [5.74, 6) is 1.91. The third-order valence-corrected chi connectivity index (χ3v) is 6.34. The fourth-order valence-corrected chi connectivity index (χ4v) is 6.19. The van der Waals surface area contributed by atoms with E-state index < -0.39 is 0 Å². The summed E-state index contributed by atoms with van der Waals surface area (Å²) < 4.78 is 0. The monoisotopic (exact) mass is 270 g/mol. The van der Waals surface area contributed by atoms with Gasteiger partial charge in [-0.3, -0.25) is 4.98 Å². The van der Waals surface area contributed by atoms with Crippen LogP contribution in [0.15, 0.2) is 24.4 Å². The standard InChI is InChI=1S/C18H26N2/c1-17-8-13-6-14(9-17)11-18(10-13,12-17)16(19)7-15-4-2-3-5-20-15/h2-5,13-14,16H,6-12,19H2,1H3. The van der Waals surface area contributed by atoms with Gasteiger partial charge in [0.2, 0.25) is 0 Å². The summed E-state index contributed by atoms with van der Waals surface area (Å²) >= 11 is 0. The second-order valence-electron chi connectivity index (χ2n) is 8.27. The number of rotatable bonds is 3. The Morgan fingerprint density at radius 1 is 1.25 bits per heavy atom. The molecule has 4 bridgehead atoms. The maximum Gasteiger partial charge on any atom is 0.0419 e. The minimum atomic E-state index is 0.294. The molecule has 1 aromatic heterocycles. The van der Waals surface area contributed by atoms with E-state index in [-0.39, 0.29) is 0 Å². The largest absolute Gasteiger partial charge is 0.327 e. The van der Waals surface area contributed by atoms with Crippen molar-refractivity contribution < 1.29 is 0 Å². The summed E-state index contributed by atoms with van der Waals surface area (Å²) in [4.78, 5) is 4.48. The second kappa shape index (κ2) is 4.30. The van der Waals surface area contributed by atoms with E-state index in [0.717, 1.165) is 18.3 Å². The molecule has 0 aromatic carbocycles. The second-order valence-corrected chi connectivity index (χ2v) is 8.27. The maximum absolute atomic E-state index is 6.72. The van der Waals surface area contributed by atoms with Gasteiger partial charge >= 0.3 is 0 Å². The topological polar surface area (TPSA) is 38.9 Å². The summed E-state index contributed by atoms with van der Waals surface area (Å²) in [6.45, 7) is 2.52. The molecular weight excluding hydrogens is 244 g/mol. The highest BCUT2D eigenvalue weighted by atomic mass is 14.8. The molecule has 4 saturated carbocycles. The van der Waals surface area contributed by atoms with Crippen molar-refractivity contribution >= 4 is 0 Å². The van der Waals surface area contributed by atoms with E-state index in [9.17, 15) is 0 Å². The van der Waals surface area contributed by atoms with Gasteiger partial charge < -0.3 is 5.73 Å². The van der Waals surface area contributed by atoms with Gasteiger partial charge in [0.05, 0.1) is 0 Å². The van der Waals surface area contributed by atoms with Crippen LogP contribution in [0.2, 0.25) is 0 Å². The molecule has 2 nitrogen and oxygen atoms in total.